The molecule has 4 rings (SSSR count). The summed E-state index contributed by atoms with van der Waals surface area (Å²) in [5.41, 5.74) is 1.85. The fraction of sp³-hybridized carbons (Fsp3) is 0.409. The largest absolute Gasteiger partial charge is 0.324 e. The van der Waals surface area contributed by atoms with E-state index in [1.54, 1.807) is 35.6 Å². The van der Waals surface area contributed by atoms with Crippen LogP contribution in [0.2, 0.25) is 5.02 Å². The Bertz CT molecular complexity index is 1140. The summed E-state index contributed by atoms with van der Waals surface area (Å²) in [5, 5.41) is 4.01. The fourth-order valence-corrected chi connectivity index (χ4v) is 5.42. The van der Waals surface area contributed by atoms with Gasteiger partial charge in [-0.3, -0.25) is 14.2 Å². The fourth-order valence-electron chi connectivity index (χ4n) is 3.97. The number of nitrogens with zero attached hydrogens (tertiary/aromatic N) is 2. The molecule has 0 saturated heterocycles. The van der Waals surface area contributed by atoms with Gasteiger partial charge in [-0.2, -0.15) is 0 Å². The highest BCUT2D eigenvalue weighted by atomic mass is 35.5. The molecule has 1 N–H and O–H groups in total. The number of benzene rings is 1. The molecule has 2 aromatic heterocycles. The third-order valence-electron chi connectivity index (χ3n) is 5.68. The van der Waals surface area contributed by atoms with Crippen molar-refractivity contribution in [2.45, 2.75) is 46.6 Å². The van der Waals surface area contributed by atoms with E-state index in [0.717, 1.165) is 29.7 Å². The van der Waals surface area contributed by atoms with Crippen LogP contribution in [-0.2, 0) is 24.2 Å². The van der Waals surface area contributed by atoms with Gasteiger partial charge in [-0.25, -0.2) is 4.98 Å². The molecule has 1 aromatic carbocycles. The molecule has 0 fully saturated rings. The van der Waals surface area contributed by atoms with E-state index in [1.807, 2.05) is 0 Å². The molecule has 3 aromatic rings. The first kappa shape index (κ1) is 20.1. The Balaban J connectivity index is 1.60. The molecule has 0 spiro atoms. The van der Waals surface area contributed by atoms with Crippen molar-refractivity contribution < 1.29 is 4.79 Å². The molecule has 0 radical (unpaired) electrons. The summed E-state index contributed by atoms with van der Waals surface area (Å²) in [7, 11) is 0. The Hall–Kier alpha value is -2.18. The van der Waals surface area contributed by atoms with Crippen molar-refractivity contribution in [1.82, 2.24) is 9.55 Å². The maximum absolute atomic E-state index is 13.1. The zero-order valence-electron chi connectivity index (χ0n) is 16.8. The number of anilines is 1. The van der Waals surface area contributed by atoms with Crippen molar-refractivity contribution in [3.05, 3.63) is 56.4 Å². The number of carbonyl (C=O) groups is 1. The lowest BCUT2D eigenvalue weighted by atomic mass is 9.72. The molecule has 29 heavy (non-hydrogen) atoms. The van der Waals surface area contributed by atoms with Gasteiger partial charge in [0.1, 0.15) is 11.4 Å². The molecule has 0 saturated carbocycles. The second-order valence-electron chi connectivity index (χ2n) is 8.73. The van der Waals surface area contributed by atoms with E-state index >= 15 is 0 Å². The van der Waals surface area contributed by atoms with Crippen LogP contribution in [0.5, 0.6) is 0 Å². The highest BCUT2D eigenvalue weighted by Gasteiger charge is 2.31. The number of nitrogens with one attached hydrogen (secondary N) is 1. The van der Waals surface area contributed by atoms with Crippen LogP contribution in [0.25, 0.3) is 10.2 Å². The highest BCUT2D eigenvalue weighted by molar-refractivity contribution is 7.18. The molecule has 1 aliphatic carbocycles. The monoisotopic (exact) mass is 429 g/mol. The van der Waals surface area contributed by atoms with Gasteiger partial charge in [0.25, 0.3) is 5.56 Å². The predicted octanol–water partition coefficient (Wildman–Crippen LogP) is 4.90. The molecular weight excluding hydrogens is 406 g/mol. The quantitative estimate of drug-likeness (QED) is 0.643. The zero-order valence-corrected chi connectivity index (χ0v) is 18.4. The first-order valence-corrected chi connectivity index (χ1v) is 11.0. The Morgan fingerprint density at radius 3 is 2.90 bits per heavy atom. The van der Waals surface area contributed by atoms with Crippen LogP contribution >= 0.6 is 22.9 Å². The maximum Gasteiger partial charge on any atom is 0.262 e. The van der Waals surface area contributed by atoms with Crippen molar-refractivity contribution in [2.75, 3.05) is 5.32 Å². The minimum absolute atomic E-state index is 0.0798. The number of thiophene rings is 1. The second kappa shape index (κ2) is 7.58. The predicted molar refractivity (Wildman–Crippen MR) is 119 cm³/mol. The SMILES string of the molecule is CC(C)(C)C1CCc2c(sc3ncn(CC(=O)Nc4cccc(Cl)c4)c(=O)c23)C1. The number of aryl methyl sites for hydroxylation is 1. The zero-order chi connectivity index (χ0) is 20.8. The van der Waals surface area contributed by atoms with Crippen LogP contribution < -0.4 is 10.9 Å². The average Bonchev–Trinajstić information content (AvgIpc) is 3.01. The van der Waals surface area contributed by atoms with Crippen LogP contribution in [0.15, 0.2) is 35.4 Å². The Morgan fingerprint density at radius 2 is 2.17 bits per heavy atom. The highest BCUT2D eigenvalue weighted by Crippen LogP contribution is 2.41. The average molecular weight is 430 g/mol. The van der Waals surface area contributed by atoms with Crippen molar-refractivity contribution >= 4 is 44.7 Å². The summed E-state index contributed by atoms with van der Waals surface area (Å²) in [6.07, 6.45) is 4.44. The van der Waals surface area contributed by atoms with Crippen molar-refractivity contribution in [3.8, 4) is 0 Å². The standard InChI is InChI=1S/C22H24ClN3O2S/c1-22(2,3)13-7-8-16-17(9-13)29-20-19(16)21(28)26(12-24-20)11-18(27)25-15-6-4-5-14(23)10-15/h4-6,10,12-13H,7-9,11H2,1-3H3,(H,25,27). The number of aromatic nitrogens is 2. The van der Waals surface area contributed by atoms with E-state index in [4.69, 9.17) is 11.6 Å². The van der Waals surface area contributed by atoms with Crippen LogP contribution in [-0.4, -0.2) is 15.5 Å². The van der Waals surface area contributed by atoms with Gasteiger partial charge in [0.15, 0.2) is 0 Å². The first-order valence-electron chi connectivity index (χ1n) is 9.77. The van der Waals surface area contributed by atoms with Crippen LogP contribution in [0.3, 0.4) is 0 Å². The number of hydrogen-bond acceptors (Lipinski definition) is 4. The molecule has 7 heteroatoms. The summed E-state index contributed by atoms with van der Waals surface area (Å²) in [4.78, 5) is 32.1. The van der Waals surface area contributed by atoms with E-state index in [-0.39, 0.29) is 23.4 Å². The maximum atomic E-state index is 13.1. The van der Waals surface area contributed by atoms with Gasteiger partial charge in [0.2, 0.25) is 5.91 Å². The first-order chi connectivity index (χ1) is 13.7. The third kappa shape index (κ3) is 4.09. The molecule has 1 aliphatic rings. The summed E-state index contributed by atoms with van der Waals surface area (Å²) in [5.74, 6) is 0.321. The molecule has 1 atom stereocenters. The molecule has 0 bridgehead atoms. The molecule has 152 valence electrons. The number of rotatable bonds is 3. The van der Waals surface area contributed by atoms with Gasteiger partial charge in [0.05, 0.1) is 11.7 Å². The van der Waals surface area contributed by atoms with E-state index < -0.39 is 0 Å². The lowest BCUT2D eigenvalue weighted by Gasteiger charge is -2.33. The number of fused-ring (bicyclic) bond motifs is 3. The Morgan fingerprint density at radius 1 is 1.38 bits per heavy atom. The van der Waals surface area contributed by atoms with Crippen LogP contribution in [0.4, 0.5) is 5.69 Å². The van der Waals surface area contributed by atoms with Crippen LogP contribution in [0.1, 0.15) is 37.6 Å². The number of halogens is 1. The van der Waals surface area contributed by atoms with E-state index in [1.165, 1.54) is 15.8 Å². The van der Waals surface area contributed by atoms with Crippen molar-refractivity contribution in [2.24, 2.45) is 11.3 Å². The van der Waals surface area contributed by atoms with Gasteiger partial charge < -0.3 is 5.32 Å². The molecule has 5 nitrogen and oxygen atoms in total. The summed E-state index contributed by atoms with van der Waals surface area (Å²) in [6, 6.07) is 6.93. The number of amides is 1. The van der Waals surface area contributed by atoms with Crippen LogP contribution in [0, 0.1) is 11.3 Å². The summed E-state index contributed by atoms with van der Waals surface area (Å²) >= 11 is 7.58. The topological polar surface area (TPSA) is 64.0 Å². The summed E-state index contributed by atoms with van der Waals surface area (Å²) in [6.45, 7) is 6.75. The molecule has 1 unspecified atom stereocenters. The minimum atomic E-state index is -0.285. The van der Waals surface area contributed by atoms with Gasteiger partial charge in [0, 0.05) is 15.6 Å². The van der Waals surface area contributed by atoms with Gasteiger partial charge in [-0.05, 0) is 54.4 Å². The second-order valence-corrected chi connectivity index (χ2v) is 10.2. The normalized spacial score (nSPS) is 16.6. The van der Waals surface area contributed by atoms with Crippen molar-refractivity contribution in [3.63, 3.8) is 0 Å². The van der Waals surface area contributed by atoms with Crippen molar-refractivity contribution in [1.29, 1.82) is 0 Å². The molecule has 1 amide bonds. The lowest BCUT2D eigenvalue weighted by molar-refractivity contribution is -0.116. The van der Waals surface area contributed by atoms with Gasteiger partial charge in [-0.15, -0.1) is 11.3 Å². The molecular formula is C22H24ClN3O2S. The van der Waals surface area contributed by atoms with Gasteiger partial charge in [-0.1, -0.05) is 38.4 Å². The lowest BCUT2D eigenvalue weighted by Crippen LogP contribution is -2.29. The third-order valence-corrected chi connectivity index (χ3v) is 7.08. The van der Waals surface area contributed by atoms with E-state index in [2.05, 4.69) is 31.1 Å². The number of carbonyl (C=O) groups excluding carboxylic acids is 1. The Labute approximate surface area is 178 Å². The van der Waals surface area contributed by atoms with Gasteiger partial charge >= 0.3 is 0 Å². The van der Waals surface area contributed by atoms with E-state index in [0.29, 0.717) is 22.0 Å². The smallest absolute Gasteiger partial charge is 0.262 e. The molecule has 2 heterocycles. The molecule has 0 aliphatic heterocycles. The number of hydrogen-bond donors (Lipinski definition) is 1. The summed E-state index contributed by atoms with van der Waals surface area (Å²) < 4.78 is 1.39. The minimum Gasteiger partial charge on any atom is -0.324 e. The van der Waals surface area contributed by atoms with E-state index in [9.17, 15) is 9.59 Å². The Kier molecular flexibility index (Phi) is 5.25.